The maximum atomic E-state index is 13.5. The summed E-state index contributed by atoms with van der Waals surface area (Å²) in [6.07, 6.45) is -1.02. The molecule has 1 N–H and O–H groups in total. The monoisotopic (exact) mass is 482 g/mol. The van der Waals surface area contributed by atoms with Gasteiger partial charge in [0.15, 0.2) is 17.6 Å². The molecule has 1 amide bonds. The first-order chi connectivity index (χ1) is 16.3. The number of carbonyl (C=O) groups is 1. The van der Waals surface area contributed by atoms with E-state index >= 15 is 0 Å². The highest BCUT2D eigenvalue weighted by Crippen LogP contribution is 2.37. The number of methoxy groups -OCH3 is 2. The number of nitrogens with zero attached hydrogens (tertiary/aromatic N) is 1. The van der Waals surface area contributed by atoms with Crippen LogP contribution in [0, 0.1) is 6.92 Å². The molecule has 0 saturated carbocycles. The van der Waals surface area contributed by atoms with E-state index < -0.39 is 22.0 Å². The molecule has 0 spiro atoms. The Morgan fingerprint density at radius 2 is 1.76 bits per heavy atom. The quantitative estimate of drug-likeness (QED) is 0.556. The van der Waals surface area contributed by atoms with Crippen molar-refractivity contribution in [3.8, 4) is 17.2 Å². The van der Waals surface area contributed by atoms with Gasteiger partial charge in [0.25, 0.3) is 15.9 Å². The summed E-state index contributed by atoms with van der Waals surface area (Å²) in [4.78, 5) is 13.2. The van der Waals surface area contributed by atoms with E-state index in [1.807, 2.05) is 19.1 Å². The summed E-state index contributed by atoms with van der Waals surface area (Å²) in [6, 6.07) is 18.7. The van der Waals surface area contributed by atoms with Crippen molar-refractivity contribution in [2.45, 2.75) is 24.5 Å². The maximum absolute atomic E-state index is 13.5. The maximum Gasteiger partial charge on any atom is 0.264 e. The number of anilines is 1. The van der Waals surface area contributed by atoms with Crippen LogP contribution in [0.5, 0.6) is 17.2 Å². The van der Waals surface area contributed by atoms with Crippen LogP contribution in [0.25, 0.3) is 0 Å². The number of hydrogen-bond donors (Lipinski definition) is 1. The minimum Gasteiger partial charge on any atom is -0.493 e. The van der Waals surface area contributed by atoms with Gasteiger partial charge in [-0.1, -0.05) is 30.3 Å². The third-order valence-electron chi connectivity index (χ3n) is 5.52. The second-order valence-corrected chi connectivity index (χ2v) is 9.70. The molecule has 0 radical (unpaired) electrons. The van der Waals surface area contributed by atoms with Crippen molar-refractivity contribution in [2.24, 2.45) is 0 Å². The molecular weight excluding hydrogens is 456 g/mol. The predicted molar refractivity (Wildman–Crippen MR) is 128 cm³/mol. The Morgan fingerprint density at radius 1 is 1.03 bits per heavy atom. The number of fused-ring (bicyclic) bond motifs is 1. The summed E-state index contributed by atoms with van der Waals surface area (Å²) in [5, 5.41) is 2.83. The van der Waals surface area contributed by atoms with Gasteiger partial charge in [-0.15, -0.1) is 0 Å². The van der Waals surface area contributed by atoms with E-state index in [0.29, 0.717) is 22.9 Å². The lowest BCUT2D eigenvalue weighted by molar-refractivity contribution is -0.127. The van der Waals surface area contributed by atoms with Crippen LogP contribution in [0.1, 0.15) is 11.1 Å². The number of amides is 1. The average molecular weight is 483 g/mol. The Bertz CT molecular complexity index is 1290. The van der Waals surface area contributed by atoms with Gasteiger partial charge >= 0.3 is 0 Å². The van der Waals surface area contributed by atoms with Crippen molar-refractivity contribution in [3.05, 3.63) is 77.9 Å². The van der Waals surface area contributed by atoms with Gasteiger partial charge in [-0.05, 0) is 54.4 Å². The first-order valence-corrected chi connectivity index (χ1v) is 12.1. The van der Waals surface area contributed by atoms with E-state index in [-0.39, 0.29) is 18.0 Å². The van der Waals surface area contributed by atoms with E-state index in [2.05, 4.69) is 5.32 Å². The van der Waals surface area contributed by atoms with E-state index in [1.54, 1.807) is 49.6 Å². The Balaban J connectivity index is 1.58. The van der Waals surface area contributed by atoms with Crippen LogP contribution in [-0.2, 0) is 21.4 Å². The highest BCUT2D eigenvalue weighted by Gasteiger charge is 2.37. The molecule has 0 unspecified atom stereocenters. The summed E-state index contributed by atoms with van der Waals surface area (Å²) in [7, 11) is -0.811. The van der Waals surface area contributed by atoms with Gasteiger partial charge in [-0.25, -0.2) is 8.42 Å². The minimum absolute atomic E-state index is 0.147. The smallest absolute Gasteiger partial charge is 0.264 e. The molecule has 178 valence electrons. The van der Waals surface area contributed by atoms with Crippen molar-refractivity contribution >= 4 is 21.6 Å². The third kappa shape index (κ3) is 4.65. The summed E-state index contributed by atoms with van der Waals surface area (Å²) >= 11 is 0. The summed E-state index contributed by atoms with van der Waals surface area (Å²) in [5.74, 6) is 1.05. The summed E-state index contributed by atoms with van der Waals surface area (Å²) in [6.45, 7) is 1.94. The highest BCUT2D eigenvalue weighted by molar-refractivity contribution is 7.92. The Morgan fingerprint density at radius 3 is 2.47 bits per heavy atom. The van der Waals surface area contributed by atoms with Crippen LogP contribution < -0.4 is 23.8 Å². The molecule has 0 aliphatic carbocycles. The number of aryl methyl sites for hydroxylation is 1. The lowest BCUT2D eigenvalue weighted by Gasteiger charge is -2.35. The van der Waals surface area contributed by atoms with Crippen LogP contribution in [0.2, 0.25) is 0 Å². The lowest BCUT2D eigenvalue weighted by Crippen LogP contribution is -2.50. The molecule has 0 saturated heterocycles. The molecule has 1 heterocycles. The van der Waals surface area contributed by atoms with Crippen LogP contribution in [0.3, 0.4) is 0 Å². The average Bonchev–Trinajstić information content (AvgIpc) is 2.86. The fourth-order valence-electron chi connectivity index (χ4n) is 3.74. The summed E-state index contributed by atoms with van der Waals surface area (Å²) in [5.41, 5.74) is 2.09. The number of nitrogens with one attached hydrogen (secondary N) is 1. The van der Waals surface area contributed by atoms with E-state index in [4.69, 9.17) is 14.2 Å². The molecular formula is C25H26N2O6S. The molecule has 0 aromatic heterocycles. The SMILES string of the molecule is COc1ccc(CNC(=O)[C@@H]2CN(S(=O)(=O)c3ccccc3)c3cc(C)ccc3O2)cc1OC. The zero-order valence-electron chi connectivity index (χ0n) is 19.1. The molecule has 3 aromatic rings. The number of benzene rings is 3. The van der Waals surface area contributed by atoms with Crippen LogP contribution in [-0.4, -0.2) is 41.2 Å². The second kappa shape index (κ2) is 9.64. The third-order valence-corrected chi connectivity index (χ3v) is 7.32. The van der Waals surface area contributed by atoms with Crippen molar-refractivity contribution < 1.29 is 27.4 Å². The van der Waals surface area contributed by atoms with Gasteiger partial charge in [-0.2, -0.15) is 0 Å². The van der Waals surface area contributed by atoms with Crippen molar-refractivity contribution in [1.82, 2.24) is 5.32 Å². The van der Waals surface area contributed by atoms with Crippen molar-refractivity contribution in [2.75, 3.05) is 25.1 Å². The van der Waals surface area contributed by atoms with E-state index in [9.17, 15) is 13.2 Å². The highest BCUT2D eigenvalue weighted by atomic mass is 32.2. The number of hydrogen-bond acceptors (Lipinski definition) is 6. The summed E-state index contributed by atoms with van der Waals surface area (Å²) < 4.78 is 44.6. The number of ether oxygens (including phenoxy) is 3. The second-order valence-electron chi connectivity index (χ2n) is 7.83. The van der Waals surface area contributed by atoms with Crippen molar-refractivity contribution in [3.63, 3.8) is 0 Å². The molecule has 0 bridgehead atoms. The molecule has 8 nitrogen and oxygen atoms in total. The topological polar surface area (TPSA) is 94.2 Å². The largest absolute Gasteiger partial charge is 0.493 e. The van der Waals surface area contributed by atoms with Gasteiger partial charge in [0.1, 0.15) is 5.75 Å². The minimum atomic E-state index is -3.90. The first kappa shape index (κ1) is 23.4. The van der Waals surface area contributed by atoms with Gasteiger partial charge < -0.3 is 19.5 Å². The van der Waals surface area contributed by atoms with Crippen LogP contribution in [0.15, 0.2) is 71.6 Å². The first-order valence-electron chi connectivity index (χ1n) is 10.7. The Kier molecular flexibility index (Phi) is 6.65. The Hall–Kier alpha value is -3.72. The molecule has 34 heavy (non-hydrogen) atoms. The lowest BCUT2D eigenvalue weighted by atomic mass is 10.1. The predicted octanol–water partition coefficient (Wildman–Crippen LogP) is 3.28. The van der Waals surface area contributed by atoms with Gasteiger partial charge in [0.05, 0.1) is 31.3 Å². The fraction of sp³-hybridized carbons (Fsp3) is 0.240. The normalized spacial score (nSPS) is 15.1. The molecule has 9 heteroatoms. The zero-order valence-corrected chi connectivity index (χ0v) is 20.0. The molecule has 0 fully saturated rings. The number of carbonyl (C=O) groups excluding carboxylic acids is 1. The zero-order chi connectivity index (χ0) is 24.3. The molecule has 1 aliphatic heterocycles. The van der Waals surface area contributed by atoms with Crippen LogP contribution in [0.4, 0.5) is 5.69 Å². The van der Waals surface area contributed by atoms with Crippen LogP contribution >= 0.6 is 0 Å². The molecule has 4 rings (SSSR count). The van der Waals surface area contributed by atoms with Gasteiger partial charge in [0.2, 0.25) is 0 Å². The Labute approximate surface area is 199 Å². The van der Waals surface area contributed by atoms with E-state index in [1.165, 1.54) is 23.5 Å². The fourth-order valence-corrected chi connectivity index (χ4v) is 5.23. The number of sulfonamides is 1. The van der Waals surface area contributed by atoms with Gasteiger partial charge in [-0.3, -0.25) is 9.10 Å². The van der Waals surface area contributed by atoms with E-state index in [0.717, 1.165) is 11.1 Å². The molecule has 1 atom stereocenters. The molecule has 3 aromatic carbocycles. The number of rotatable bonds is 7. The standard InChI is InChI=1S/C25H26N2O6S/c1-17-9-11-21-20(13-17)27(34(29,30)19-7-5-4-6-8-19)16-24(33-21)25(28)26-15-18-10-12-22(31-2)23(14-18)32-3/h4-14,24H,15-16H2,1-3H3,(H,26,28)/t24-/m0/s1. The molecule has 1 aliphatic rings. The van der Waals surface area contributed by atoms with Crippen molar-refractivity contribution in [1.29, 1.82) is 0 Å². The van der Waals surface area contributed by atoms with Gasteiger partial charge in [0, 0.05) is 6.54 Å².